The largest absolute Gasteiger partial charge is 0.352 e. The van der Waals surface area contributed by atoms with Crippen molar-refractivity contribution < 1.29 is 9.18 Å². The topological polar surface area (TPSA) is 79.8 Å². The summed E-state index contributed by atoms with van der Waals surface area (Å²) in [5.74, 6) is 0.453. The van der Waals surface area contributed by atoms with Crippen molar-refractivity contribution in [1.82, 2.24) is 15.0 Å². The fraction of sp³-hybridized carbons (Fsp3) is 0.474. The van der Waals surface area contributed by atoms with Crippen molar-refractivity contribution in [3.05, 3.63) is 41.7 Å². The van der Waals surface area contributed by atoms with Gasteiger partial charge in [-0.05, 0) is 46.1 Å². The van der Waals surface area contributed by atoms with Gasteiger partial charge in [-0.15, -0.1) is 0 Å². The fourth-order valence-corrected chi connectivity index (χ4v) is 2.31. The molecule has 1 aromatic carbocycles. The number of alkyl halides is 1. The Balaban J connectivity index is 2.08. The Bertz CT molecular complexity index is 730. The lowest BCUT2D eigenvalue weighted by Gasteiger charge is -2.18. The molecular formula is C19H26FN5O. The summed E-state index contributed by atoms with van der Waals surface area (Å²) in [5, 5.41) is 6.01. The highest BCUT2D eigenvalue weighted by Gasteiger charge is 2.25. The number of nitrogens with one attached hydrogen (secondary N) is 2. The Kier molecular flexibility index (Phi) is 6.60. The normalized spacial score (nSPS) is 12.5. The number of carbonyl (C=O) groups excluding carboxylic acids is 1. The van der Waals surface area contributed by atoms with Crippen molar-refractivity contribution in [2.45, 2.75) is 52.2 Å². The monoisotopic (exact) mass is 359 g/mol. The number of rotatable bonds is 9. The van der Waals surface area contributed by atoms with E-state index < -0.39 is 5.67 Å². The van der Waals surface area contributed by atoms with E-state index in [1.807, 2.05) is 25.1 Å². The molecule has 1 heterocycles. The molecule has 2 N–H and O–H groups in total. The van der Waals surface area contributed by atoms with Crippen molar-refractivity contribution in [2.75, 3.05) is 17.2 Å². The molecule has 26 heavy (non-hydrogen) atoms. The van der Waals surface area contributed by atoms with E-state index in [1.54, 1.807) is 0 Å². The zero-order chi connectivity index (χ0) is 19.2. The molecule has 0 amide bonds. The Hall–Kier alpha value is -2.57. The molecule has 0 aliphatic rings. The SMILES string of the molecule is CC(=O)CNc1nc(NC(C)CCc2ccccc2)nc(C(C)(C)F)n1. The first-order chi connectivity index (χ1) is 12.2. The van der Waals surface area contributed by atoms with Crippen LogP contribution in [-0.4, -0.2) is 33.3 Å². The minimum Gasteiger partial charge on any atom is -0.352 e. The number of aryl methyl sites for hydroxylation is 1. The molecule has 6 nitrogen and oxygen atoms in total. The highest BCUT2D eigenvalue weighted by atomic mass is 19.1. The molecule has 0 saturated heterocycles. The maximum absolute atomic E-state index is 14.3. The molecule has 0 aliphatic carbocycles. The first-order valence-electron chi connectivity index (χ1n) is 8.73. The average Bonchev–Trinajstić information content (AvgIpc) is 2.58. The van der Waals surface area contributed by atoms with Gasteiger partial charge in [0.1, 0.15) is 5.78 Å². The standard InChI is InChI=1S/C19H26FN5O/c1-13(10-11-15-8-6-5-7-9-15)22-18-24-16(19(3,4)20)23-17(25-18)21-12-14(2)26/h5-9,13H,10-12H2,1-4H3,(H2,21,22,23,24,25). The smallest absolute Gasteiger partial charge is 0.228 e. The van der Waals surface area contributed by atoms with Crippen molar-refractivity contribution in [1.29, 1.82) is 0 Å². The molecule has 1 unspecified atom stereocenters. The number of ketones is 1. The number of hydrogen-bond acceptors (Lipinski definition) is 6. The van der Waals surface area contributed by atoms with Gasteiger partial charge in [0.25, 0.3) is 0 Å². The second-order valence-electron chi connectivity index (χ2n) is 6.90. The van der Waals surface area contributed by atoms with Crippen LogP contribution < -0.4 is 10.6 Å². The lowest BCUT2D eigenvalue weighted by molar-refractivity contribution is -0.115. The minimum atomic E-state index is -1.71. The summed E-state index contributed by atoms with van der Waals surface area (Å²) in [5.41, 5.74) is -0.453. The van der Waals surface area contributed by atoms with Crippen LogP contribution in [0, 0.1) is 0 Å². The van der Waals surface area contributed by atoms with Gasteiger partial charge in [0.15, 0.2) is 11.5 Å². The van der Waals surface area contributed by atoms with E-state index in [0.29, 0.717) is 5.95 Å². The van der Waals surface area contributed by atoms with Crippen LogP contribution >= 0.6 is 0 Å². The molecule has 1 aromatic heterocycles. The molecule has 7 heteroatoms. The van der Waals surface area contributed by atoms with Crippen LogP contribution in [0.5, 0.6) is 0 Å². The van der Waals surface area contributed by atoms with Crippen molar-refractivity contribution >= 4 is 17.7 Å². The highest BCUT2D eigenvalue weighted by Crippen LogP contribution is 2.23. The van der Waals surface area contributed by atoms with Crippen LogP contribution in [0.4, 0.5) is 16.3 Å². The van der Waals surface area contributed by atoms with E-state index in [4.69, 9.17) is 0 Å². The number of anilines is 2. The van der Waals surface area contributed by atoms with E-state index in [-0.39, 0.29) is 30.1 Å². The number of carbonyl (C=O) groups is 1. The quantitative estimate of drug-likeness (QED) is 0.713. The minimum absolute atomic E-state index is 0.0244. The van der Waals surface area contributed by atoms with E-state index in [0.717, 1.165) is 12.8 Å². The molecule has 0 spiro atoms. The third-order valence-corrected chi connectivity index (χ3v) is 3.75. The number of aromatic nitrogens is 3. The molecule has 0 radical (unpaired) electrons. The van der Waals surface area contributed by atoms with Crippen LogP contribution in [0.25, 0.3) is 0 Å². The summed E-state index contributed by atoms with van der Waals surface area (Å²) in [6.45, 7) is 6.34. The molecule has 140 valence electrons. The maximum Gasteiger partial charge on any atom is 0.228 e. The van der Waals surface area contributed by atoms with Crippen LogP contribution in [0.3, 0.4) is 0 Å². The summed E-state index contributed by atoms with van der Waals surface area (Å²) in [4.78, 5) is 23.7. The number of halogens is 1. The molecule has 2 rings (SSSR count). The third kappa shape index (κ3) is 6.38. The zero-order valence-corrected chi connectivity index (χ0v) is 15.7. The van der Waals surface area contributed by atoms with E-state index in [1.165, 1.54) is 26.3 Å². The summed E-state index contributed by atoms with van der Waals surface area (Å²) in [6, 6.07) is 10.3. The zero-order valence-electron chi connectivity index (χ0n) is 15.7. The molecule has 2 aromatic rings. The van der Waals surface area contributed by atoms with Crippen LogP contribution in [0.1, 0.15) is 45.5 Å². The number of nitrogens with zero attached hydrogens (tertiary/aromatic N) is 3. The number of benzene rings is 1. The first-order valence-corrected chi connectivity index (χ1v) is 8.73. The van der Waals surface area contributed by atoms with E-state index >= 15 is 0 Å². The van der Waals surface area contributed by atoms with Gasteiger partial charge in [0.2, 0.25) is 11.9 Å². The molecular weight excluding hydrogens is 333 g/mol. The fourth-order valence-electron chi connectivity index (χ4n) is 2.31. The first kappa shape index (κ1) is 19.8. The maximum atomic E-state index is 14.3. The van der Waals surface area contributed by atoms with Gasteiger partial charge in [0, 0.05) is 6.04 Å². The lowest BCUT2D eigenvalue weighted by Crippen LogP contribution is -2.23. The second-order valence-corrected chi connectivity index (χ2v) is 6.90. The van der Waals surface area contributed by atoms with Crippen LogP contribution in [0.15, 0.2) is 30.3 Å². The Labute approximate surface area is 153 Å². The van der Waals surface area contributed by atoms with Gasteiger partial charge in [-0.2, -0.15) is 15.0 Å². The second kappa shape index (κ2) is 8.69. The van der Waals surface area contributed by atoms with E-state index in [2.05, 4.69) is 37.7 Å². The van der Waals surface area contributed by atoms with Gasteiger partial charge >= 0.3 is 0 Å². The van der Waals surface area contributed by atoms with Gasteiger partial charge in [-0.3, -0.25) is 4.79 Å². The summed E-state index contributed by atoms with van der Waals surface area (Å²) < 4.78 is 14.3. The summed E-state index contributed by atoms with van der Waals surface area (Å²) >= 11 is 0. The number of Topliss-reactive ketones (excluding diaryl/α,β-unsaturated/α-hetero) is 1. The predicted molar refractivity (Wildman–Crippen MR) is 101 cm³/mol. The van der Waals surface area contributed by atoms with Gasteiger partial charge < -0.3 is 10.6 Å². The van der Waals surface area contributed by atoms with Crippen molar-refractivity contribution in [2.24, 2.45) is 0 Å². The summed E-state index contributed by atoms with van der Waals surface area (Å²) in [6.07, 6.45) is 1.79. The van der Waals surface area contributed by atoms with Crippen LogP contribution in [-0.2, 0) is 16.9 Å². The van der Waals surface area contributed by atoms with Gasteiger partial charge in [-0.1, -0.05) is 30.3 Å². The van der Waals surface area contributed by atoms with Gasteiger partial charge in [0.05, 0.1) is 6.54 Å². The number of hydrogen-bond donors (Lipinski definition) is 2. The van der Waals surface area contributed by atoms with Gasteiger partial charge in [-0.25, -0.2) is 4.39 Å². The third-order valence-electron chi connectivity index (χ3n) is 3.75. The molecule has 0 bridgehead atoms. The van der Waals surface area contributed by atoms with E-state index in [9.17, 15) is 9.18 Å². The van der Waals surface area contributed by atoms with Crippen LogP contribution in [0.2, 0.25) is 0 Å². The summed E-state index contributed by atoms with van der Waals surface area (Å²) in [7, 11) is 0. The van der Waals surface area contributed by atoms with Crippen molar-refractivity contribution in [3.8, 4) is 0 Å². The van der Waals surface area contributed by atoms with Crippen molar-refractivity contribution in [3.63, 3.8) is 0 Å². The molecule has 0 saturated carbocycles. The molecule has 1 atom stereocenters. The Morgan fingerprint density at radius 2 is 1.81 bits per heavy atom. The Morgan fingerprint density at radius 3 is 2.42 bits per heavy atom. The lowest BCUT2D eigenvalue weighted by atomic mass is 10.1. The molecule has 0 aliphatic heterocycles. The Morgan fingerprint density at radius 1 is 1.15 bits per heavy atom. The predicted octanol–water partition coefficient (Wildman–Crippen LogP) is 3.51. The highest BCUT2D eigenvalue weighted by molar-refractivity contribution is 5.79. The molecule has 0 fully saturated rings. The average molecular weight is 359 g/mol.